The lowest BCUT2D eigenvalue weighted by Crippen LogP contribution is -2.20. The number of Topliss-reactive ketones (excluding diaryl/α,β-unsaturated/α-hetero) is 1. The van der Waals surface area contributed by atoms with Crippen molar-refractivity contribution < 1.29 is 37.3 Å². The van der Waals surface area contributed by atoms with Crippen LogP contribution in [0.5, 0.6) is 17.2 Å². The number of carbonyl (C=O) groups excluding carboxylic acids is 1. The van der Waals surface area contributed by atoms with Gasteiger partial charge in [-0.1, -0.05) is 29.3 Å². The Hall–Kier alpha value is -4.15. The maximum absolute atomic E-state index is 12.9. The summed E-state index contributed by atoms with van der Waals surface area (Å²) >= 11 is 12.1. The van der Waals surface area contributed by atoms with Gasteiger partial charge in [0, 0.05) is 22.8 Å². The molecule has 4 aromatic rings. The fourth-order valence-electron chi connectivity index (χ4n) is 4.34. The van der Waals surface area contributed by atoms with Crippen molar-refractivity contribution in [2.75, 3.05) is 6.61 Å². The number of ketones is 1. The van der Waals surface area contributed by atoms with Crippen LogP contribution in [0, 0.1) is 0 Å². The van der Waals surface area contributed by atoms with E-state index in [-0.39, 0.29) is 29.6 Å². The van der Waals surface area contributed by atoms with E-state index in [1.54, 1.807) is 42.5 Å². The molecule has 0 bridgehead atoms. The molecule has 1 N–H and O–H groups in total. The van der Waals surface area contributed by atoms with Gasteiger partial charge in [-0.15, -0.1) is 0 Å². The molecule has 7 nitrogen and oxygen atoms in total. The molecule has 5 rings (SSSR count). The van der Waals surface area contributed by atoms with E-state index in [4.69, 9.17) is 32.7 Å². The number of aliphatic carboxylic acids is 1. The number of nitrogens with zero attached hydrogens (tertiary/aromatic N) is 2. The monoisotopic (exact) mass is 602 g/mol. The van der Waals surface area contributed by atoms with Gasteiger partial charge in [-0.3, -0.25) is 9.59 Å². The quantitative estimate of drug-likeness (QED) is 0.217. The summed E-state index contributed by atoms with van der Waals surface area (Å²) in [6, 6.07) is 15.8. The van der Waals surface area contributed by atoms with Crippen molar-refractivity contribution in [1.82, 2.24) is 10.2 Å². The Kier molecular flexibility index (Phi) is 7.88. The number of fused-ring (bicyclic) bond motifs is 1. The van der Waals surface area contributed by atoms with Gasteiger partial charge in [-0.05, 0) is 61.0 Å². The van der Waals surface area contributed by atoms with Crippen LogP contribution in [-0.2, 0) is 17.4 Å². The number of carbonyl (C=O) groups is 2. The predicted octanol–water partition coefficient (Wildman–Crippen LogP) is 7.64. The van der Waals surface area contributed by atoms with E-state index >= 15 is 0 Å². The van der Waals surface area contributed by atoms with Crippen molar-refractivity contribution in [1.29, 1.82) is 0 Å². The molecule has 0 radical (unpaired) electrons. The average Bonchev–Trinajstić information content (AvgIpc) is 2.93. The summed E-state index contributed by atoms with van der Waals surface area (Å²) in [6.07, 6.45) is -4.27. The predicted molar refractivity (Wildman–Crippen MR) is 144 cm³/mol. The lowest BCUT2D eigenvalue weighted by atomic mass is 9.93. The van der Waals surface area contributed by atoms with Crippen LogP contribution < -0.4 is 9.47 Å². The summed E-state index contributed by atoms with van der Waals surface area (Å²) in [5.74, 6) is -0.835. The Labute approximate surface area is 241 Å². The van der Waals surface area contributed by atoms with E-state index in [0.29, 0.717) is 46.0 Å². The molecule has 0 saturated heterocycles. The fraction of sp³-hybridized carbons (Fsp3) is 0.172. The zero-order chi connectivity index (χ0) is 29.3. The van der Waals surface area contributed by atoms with E-state index in [1.165, 1.54) is 18.2 Å². The average molecular weight is 603 g/mol. The fourth-order valence-corrected chi connectivity index (χ4v) is 4.84. The number of rotatable bonds is 7. The topological polar surface area (TPSA) is 98.6 Å². The van der Waals surface area contributed by atoms with E-state index in [0.717, 1.165) is 6.07 Å². The molecule has 2 heterocycles. The summed E-state index contributed by atoms with van der Waals surface area (Å²) < 4.78 is 50.3. The summed E-state index contributed by atoms with van der Waals surface area (Å²) in [4.78, 5) is 24.3. The molecule has 1 atom stereocenters. The lowest BCUT2D eigenvalue weighted by molar-refractivity contribution is -0.139. The second-order valence-corrected chi connectivity index (χ2v) is 9.99. The Balaban J connectivity index is 1.24. The third-order valence-corrected chi connectivity index (χ3v) is 7.05. The van der Waals surface area contributed by atoms with Crippen LogP contribution in [0.4, 0.5) is 13.2 Å². The number of ether oxygens (including phenoxy) is 2. The maximum atomic E-state index is 12.9. The molecule has 3 aromatic carbocycles. The van der Waals surface area contributed by atoms with Crippen LogP contribution in [0.15, 0.2) is 66.7 Å². The summed E-state index contributed by atoms with van der Waals surface area (Å²) in [5.41, 5.74) is 0.975. The Morgan fingerprint density at radius 2 is 1.73 bits per heavy atom. The molecule has 0 amide bonds. The summed E-state index contributed by atoms with van der Waals surface area (Å²) in [6.45, 7) is 0.262. The van der Waals surface area contributed by atoms with E-state index < -0.39 is 28.6 Å². The number of halogens is 5. The number of carboxylic acids is 1. The molecular weight excluding hydrogens is 584 g/mol. The molecule has 12 heteroatoms. The van der Waals surface area contributed by atoms with Gasteiger partial charge in [0.25, 0.3) is 0 Å². The number of benzene rings is 3. The SMILES string of the molecule is O=C(Cc1ccc(-c2ccc(C(F)(F)F)c(Cl)c2)nn1)c1ccc(Oc2cc3c(cc2Cl)C(C(=O)O)CCO3)cc1. The molecular formula is C29H19Cl2F3N2O5. The first kappa shape index (κ1) is 28.4. The van der Waals surface area contributed by atoms with Crippen molar-refractivity contribution >= 4 is 35.0 Å². The molecule has 1 aliphatic heterocycles. The highest BCUT2D eigenvalue weighted by molar-refractivity contribution is 6.32. The first-order chi connectivity index (χ1) is 19.5. The third-order valence-electron chi connectivity index (χ3n) is 6.44. The van der Waals surface area contributed by atoms with Gasteiger partial charge in [0.15, 0.2) is 5.78 Å². The van der Waals surface area contributed by atoms with Crippen LogP contribution in [0.25, 0.3) is 11.3 Å². The first-order valence-electron chi connectivity index (χ1n) is 12.2. The van der Waals surface area contributed by atoms with Crippen LogP contribution in [0.1, 0.15) is 39.5 Å². The third kappa shape index (κ3) is 6.28. The molecule has 0 spiro atoms. The Morgan fingerprint density at radius 3 is 2.37 bits per heavy atom. The number of hydrogen-bond acceptors (Lipinski definition) is 6. The highest BCUT2D eigenvalue weighted by atomic mass is 35.5. The van der Waals surface area contributed by atoms with Crippen molar-refractivity contribution in [3.8, 4) is 28.5 Å². The summed E-state index contributed by atoms with van der Waals surface area (Å²) in [7, 11) is 0. The number of aromatic nitrogens is 2. The second-order valence-electron chi connectivity index (χ2n) is 9.18. The molecule has 0 fully saturated rings. The summed E-state index contributed by atoms with van der Waals surface area (Å²) in [5, 5.41) is 17.3. The minimum atomic E-state index is -4.56. The van der Waals surface area contributed by atoms with Gasteiger partial charge in [0.05, 0.1) is 45.9 Å². The van der Waals surface area contributed by atoms with Crippen molar-refractivity contribution in [2.45, 2.75) is 24.9 Å². The van der Waals surface area contributed by atoms with Gasteiger partial charge < -0.3 is 14.6 Å². The largest absolute Gasteiger partial charge is 0.493 e. The highest BCUT2D eigenvalue weighted by Gasteiger charge is 2.33. The molecule has 41 heavy (non-hydrogen) atoms. The van der Waals surface area contributed by atoms with Crippen molar-refractivity contribution in [3.05, 3.63) is 99.2 Å². The smallest absolute Gasteiger partial charge is 0.417 e. The van der Waals surface area contributed by atoms with Gasteiger partial charge in [-0.25, -0.2) is 0 Å². The molecule has 0 aliphatic carbocycles. The van der Waals surface area contributed by atoms with E-state index in [2.05, 4.69) is 10.2 Å². The minimum Gasteiger partial charge on any atom is -0.493 e. The van der Waals surface area contributed by atoms with Crippen molar-refractivity contribution in [2.24, 2.45) is 0 Å². The van der Waals surface area contributed by atoms with Crippen LogP contribution in [-0.4, -0.2) is 33.7 Å². The molecule has 1 aliphatic rings. The van der Waals surface area contributed by atoms with E-state index in [9.17, 15) is 27.9 Å². The molecule has 1 aromatic heterocycles. The standard InChI is InChI=1S/C29H19Cl2F3N2O5/c30-22-11-16(3-7-21(22)29(32,33)34)24-8-4-17(35-36-24)12-25(37)15-1-5-18(6-2-15)41-27-14-26-20(13-23(27)31)19(28(38)39)9-10-40-26/h1-8,11,13-14,19H,9-10,12H2,(H,38,39). The number of hydrogen-bond donors (Lipinski definition) is 1. The minimum absolute atomic E-state index is 0.0556. The number of alkyl halides is 3. The van der Waals surface area contributed by atoms with Crippen LogP contribution in [0.3, 0.4) is 0 Å². The van der Waals surface area contributed by atoms with E-state index in [1.807, 2.05) is 0 Å². The van der Waals surface area contributed by atoms with Gasteiger partial charge in [-0.2, -0.15) is 23.4 Å². The zero-order valence-electron chi connectivity index (χ0n) is 20.9. The van der Waals surface area contributed by atoms with Crippen LogP contribution in [0.2, 0.25) is 10.0 Å². The second kappa shape index (κ2) is 11.4. The van der Waals surface area contributed by atoms with Crippen molar-refractivity contribution in [3.63, 3.8) is 0 Å². The normalized spacial score (nSPS) is 14.6. The Morgan fingerprint density at radius 1 is 0.976 bits per heavy atom. The zero-order valence-corrected chi connectivity index (χ0v) is 22.4. The Bertz CT molecular complexity index is 1630. The van der Waals surface area contributed by atoms with Gasteiger partial charge >= 0.3 is 12.1 Å². The van der Waals surface area contributed by atoms with Gasteiger partial charge in [0.1, 0.15) is 17.2 Å². The maximum Gasteiger partial charge on any atom is 0.417 e. The highest BCUT2D eigenvalue weighted by Crippen LogP contribution is 2.42. The van der Waals surface area contributed by atoms with Crippen LogP contribution >= 0.6 is 23.2 Å². The molecule has 1 unspecified atom stereocenters. The molecule has 0 saturated carbocycles. The first-order valence-corrected chi connectivity index (χ1v) is 12.9. The lowest BCUT2D eigenvalue weighted by Gasteiger charge is -2.24. The van der Waals surface area contributed by atoms with Gasteiger partial charge in [0.2, 0.25) is 0 Å². The molecule has 210 valence electrons. The number of carboxylic acid groups (broad SMARTS) is 1.